The maximum atomic E-state index is 12.4. The van der Waals surface area contributed by atoms with Crippen molar-refractivity contribution < 1.29 is 9.59 Å². The molecule has 0 saturated heterocycles. The molecule has 1 N–H and O–H groups in total. The molecular weight excluding hydrogens is 376 g/mol. The average Bonchev–Trinajstić information content (AvgIpc) is 3.37. The predicted molar refractivity (Wildman–Crippen MR) is 111 cm³/mol. The SMILES string of the molecule is O=C(CCC(=O)N1CCc2sccc2C1)Nc1cccc(-c2ccsc2)c1. The van der Waals surface area contributed by atoms with Crippen LogP contribution in [0.1, 0.15) is 23.3 Å². The molecular formula is C21H20N2O2S2. The minimum absolute atomic E-state index is 0.0500. The second-order valence-electron chi connectivity index (χ2n) is 6.58. The number of benzene rings is 1. The average molecular weight is 397 g/mol. The molecule has 2 amide bonds. The summed E-state index contributed by atoms with van der Waals surface area (Å²) in [6.07, 6.45) is 1.37. The fourth-order valence-electron chi connectivity index (χ4n) is 3.27. The fraction of sp³-hybridized carbons (Fsp3) is 0.238. The van der Waals surface area contributed by atoms with E-state index in [2.05, 4.69) is 28.2 Å². The van der Waals surface area contributed by atoms with E-state index in [0.717, 1.165) is 29.8 Å². The number of nitrogens with one attached hydrogen (secondary N) is 1. The molecule has 138 valence electrons. The number of carbonyl (C=O) groups is 2. The summed E-state index contributed by atoms with van der Waals surface area (Å²) < 4.78 is 0. The number of thiophene rings is 2. The highest BCUT2D eigenvalue weighted by Gasteiger charge is 2.21. The van der Waals surface area contributed by atoms with Crippen LogP contribution >= 0.6 is 22.7 Å². The van der Waals surface area contributed by atoms with Crippen molar-refractivity contribution in [3.63, 3.8) is 0 Å². The van der Waals surface area contributed by atoms with E-state index in [4.69, 9.17) is 0 Å². The molecule has 0 atom stereocenters. The molecule has 0 fully saturated rings. The predicted octanol–water partition coefficient (Wildman–Crippen LogP) is 4.78. The van der Waals surface area contributed by atoms with Crippen molar-refractivity contribution in [3.05, 3.63) is 63.0 Å². The number of nitrogens with zero attached hydrogens (tertiary/aromatic N) is 1. The maximum Gasteiger partial charge on any atom is 0.224 e. The molecule has 27 heavy (non-hydrogen) atoms. The lowest BCUT2D eigenvalue weighted by molar-refractivity contribution is -0.133. The topological polar surface area (TPSA) is 49.4 Å². The van der Waals surface area contributed by atoms with Gasteiger partial charge in [0.1, 0.15) is 0 Å². The molecule has 1 aliphatic heterocycles. The Balaban J connectivity index is 1.30. The molecule has 0 aliphatic carbocycles. The van der Waals surface area contributed by atoms with Crippen molar-refractivity contribution in [1.82, 2.24) is 4.90 Å². The molecule has 1 aromatic carbocycles. The number of rotatable bonds is 5. The van der Waals surface area contributed by atoms with Crippen molar-refractivity contribution in [3.8, 4) is 11.1 Å². The molecule has 4 nitrogen and oxygen atoms in total. The van der Waals surface area contributed by atoms with Crippen LogP contribution in [-0.2, 0) is 22.6 Å². The van der Waals surface area contributed by atoms with Gasteiger partial charge in [0.2, 0.25) is 11.8 Å². The van der Waals surface area contributed by atoms with Crippen LogP contribution in [0.25, 0.3) is 11.1 Å². The highest BCUT2D eigenvalue weighted by atomic mass is 32.1. The third-order valence-corrected chi connectivity index (χ3v) is 6.43. The minimum Gasteiger partial charge on any atom is -0.338 e. The van der Waals surface area contributed by atoms with Gasteiger partial charge in [0.25, 0.3) is 0 Å². The smallest absolute Gasteiger partial charge is 0.224 e. The zero-order valence-electron chi connectivity index (χ0n) is 14.8. The summed E-state index contributed by atoms with van der Waals surface area (Å²) in [6, 6.07) is 11.9. The lowest BCUT2D eigenvalue weighted by Crippen LogP contribution is -2.35. The van der Waals surface area contributed by atoms with E-state index in [9.17, 15) is 9.59 Å². The molecule has 3 heterocycles. The Labute approximate surface area is 166 Å². The van der Waals surface area contributed by atoms with Gasteiger partial charge in [-0.2, -0.15) is 11.3 Å². The van der Waals surface area contributed by atoms with Gasteiger partial charge in [0, 0.05) is 36.5 Å². The van der Waals surface area contributed by atoms with Crippen LogP contribution < -0.4 is 5.32 Å². The molecule has 2 aromatic heterocycles. The summed E-state index contributed by atoms with van der Waals surface area (Å²) in [6.45, 7) is 1.42. The first-order valence-corrected chi connectivity index (χ1v) is 10.8. The number of hydrogen-bond acceptors (Lipinski definition) is 4. The van der Waals surface area contributed by atoms with E-state index in [1.54, 1.807) is 22.7 Å². The van der Waals surface area contributed by atoms with Crippen molar-refractivity contribution in [2.75, 3.05) is 11.9 Å². The van der Waals surface area contributed by atoms with E-state index < -0.39 is 0 Å². The molecule has 0 unspecified atom stereocenters. The monoisotopic (exact) mass is 396 g/mol. The fourth-order valence-corrected chi connectivity index (χ4v) is 4.82. The molecule has 0 saturated carbocycles. The highest BCUT2D eigenvalue weighted by molar-refractivity contribution is 7.10. The van der Waals surface area contributed by atoms with Crippen LogP contribution in [0.3, 0.4) is 0 Å². The van der Waals surface area contributed by atoms with Crippen LogP contribution in [0, 0.1) is 0 Å². The van der Waals surface area contributed by atoms with Gasteiger partial charge in [-0.15, -0.1) is 11.3 Å². The van der Waals surface area contributed by atoms with Gasteiger partial charge >= 0.3 is 0 Å². The Morgan fingerprint density at radius 1 is 1.07 bits per heavy atom. The summed E-state index contributed by atoms with van der Waals surface area (Å²) >= 11 is 3.40. The van der Waals surface area contributed by atoms with E-state index >= 15 is 0 Å². The minimum atomic E-state index is -0.126. The molecule has 0 bridgehead atoms. The number of hydrogen-bond donors (Lipinski definition) is 1. The van der Waals surface area contributed by atoms with E-state index in [1.807, 2.05) is 34.5 Å². The first-order chi connectivity index (χ1) is 13.2. The van der Waals surface area contributed by atoms with E-state index in [1.165, 1.54) is 10.4 Å². The Morgan fingerprint density at radius 3 is 2.85 bits per heavy atom. The molecule has 3 aromatic rings. The van der Waals surface area contributed by atoms with Crippen molar-refractivity contribution >= 4 is 40.2 Å². The van der Waals surface area contributed by atoms with Gasteiger partial charge in [0.15, 0.2) is 0 Å². The number of fused-ring (bicyclic) bond motifs is 1. The van der Waals surface area contributed by atoms with Gasteiger partial charge in [-0.25, -0.2) is 0 Å². The Bertz CT molecular complexity index is 947. The summed E-state index contributed by atoms with van der Waals surface area (Å²) in [5.41, 5.74) is 4.22. The largest absolute Gasteiger partial charge is 0.338 e. The summed E-state index contributed by atoms with van der Waals surface area (Å²) in [4.78, 5) is 28.0. The first kappa shape index (κ1) is 17.9. The van der Waals surface area contributed by atoms with Crippen molar-refractivity contribution in [1.29, 1.82) is 0 Å². The molecule has 1 aliphatic rings. The normalized spacial score (nSPS) is 13.3. The van der Waals surface area contributed by atoms with Crippen molar-refractivity contribution in [2.24, 2.45) is 0 Å². The van der Waals surface area contributed by atoms with Gasteiger partial charge in [-0.05, 0) is 63.5 Å². The molecule has 4 rings (SSSR count). The molecule has 6 heteroatoms. The third-order valence-electron chi connectivity index (χ3n) is 4.73. The van der Waals surface area contributed by atoms with Gasteiger partial charge in [-0.1, -0.05) is 12.1 Å². The quantitative estimate of drug-likeness (QED) is 0.675. The van der Waals surface area contributed by atoms with E-state index in [-0.39, 0.29) is 24.7 Å². The van der Waals surface area contributed by atoms with Crippen molar-refractivity contribution in [2.45, 2.75) is 25.8 Å². The zero-order valence-corrected chi connectivity index (χ0v) is 16.4. The van der Waals surface area contributed by atoms with Crippen LogP contribution in [0.15, 0.2) is 52.5 Å². The zero-order chi connectivity index (χ0) is 18.6. The molecule has 0 spiro atoms. The number of amides is 2. The number of anilines is 1. The van der Waals surface area contributed by atoms with Gasteiger partial charge in [-0.3, -0.25) is 9.59 Å². The van der Waals surface area contributed by atoms with Crippen LogP contribution in [0.5, 0.6) is 0 Å². The van der Waals surface area contributed by atoms with Crippen LogP contribution in [0.2, 0.25) is 0 Å². The summed E-state index contributed by atoms with van der Waals surface area (Å²) in [7, 11) is 0. The first-order valence-electron chi connectivity index (χ1n) is 8.94. The van der Waals surface area contributed by atoms with Crippen LogP contribution in [-0.4, -0.2) is 23.3 Å². The second-order valence-corrected chi connectivity index (χ2v) is 8.36. The van der Waals surface area contributed by atoms with Gasteiger partial charge in [0.05, 0.1) is 0 Å². The van der Waals surface area contributed by atoms with E-state index in [0.29, 0.717) is 6.54 Å². The Morgan fingerprint density at radius 2 is 2.00 bits per heavy atom. The Kier molecular flexibility index (Phi) is 5.36. The molecule has 0 radical (unpaired) electrons. The third kappa shape index (κ3) is 4.28. The van der Waals surface area contributed by atoms with Crippen LogP contribution in [0.4, 0.5) is 5.69 Å². The van der Waals surface area contributed by atoms with Gasteiger partial charge < -0.3 is 10.2 Å². The lowest BCUT2D eigenvalue weighted by atomic mass is 10.1. The maximum absolute atomic E-state index is 12.4. The Hall–Kier alpha value is -2.44. The standard InChI is InChI=1S/C21H20N2O2S2/c24-20(22-18-3-1-2-15(12-18)17-7-10-26-14-17)4-5-21(25)23-9-6-19-16(13-23)8-11-27-19/h1-3,7-8,10-12,14H,4-6,9,13H2,(H,22,24). The summed E-state index contributed by atoms with van der Waals surface area (Å²) in [5, 5.41) is 9.10. The number of carbonyl (C=O) groups excluding carboxylic acids is 2. The lowest BCUT2D eigenvalue weighted by Gasteiger charge is -2.27. The summed E-state index contributed by atoms with van der Waals surface area (Å²) in [5.74, 6) is -0.0759. The second kappa shape index (κ2) is 8.06. The highest BCUT2D eigenvalue weighted by Crippen LogP contribution is 2.26.